The number of benzene rings is 1. The van der Waals surface area contributed by atoms with Gasteiger partial charge in [-0.2, -0.15) is 0 Å². The summed E-state index contributed by atoms with van der Waals surface area (Å²) in [5.74, 6) is -0.102. The quantitative estimate of drug-likeness (QED) is 0.917. The van der Waals surface area contributed by atoms with E-state index in [0.29, 0.717) is 18.3 Å². The predicted octanol–water partition coefficient (Wildman–Crippen LogP) is 3.40. The lowest BCUT2D eigenvalue weighted by Gasteiger charge is -2.44. The van der Waals surface area contributed by atoms with Crippen molar-refractivity contribution >= 4 is 11.6 Å². The summed E-state index contributed by atoms with van der Waals surface area (Å²) in [4.78, 5) is 19.6. The van der Waals surface area contributed by atoms with Gasteiger partial charge in [-0.1, -0.05) is 43.2 Å². The summed E-state index contributed by atoms with van der Waals surface area (Å²) >= 11 is 0. The highest BCUT2D eigenvalue weighted by atomic mass is 16.5. The number of aromatic nitrogens is 1. The lowest BCUT2D eigenvalue weighted by Crippen LogP contribution is -2.53. The summed E-state index contributed by atoms with van der Waals surface area (Å²) in [5.41, 5.74) is 1.84. The summed E-state index contributed by atoms with van der Waals surface area (Å²) in [7, 11) is 0. The first-order chi connectivity index (χ1) is 12.8. The lowest BCUT2D eigenvalue weighted by atomic mass is 9.95. The van der Waals surface area contributed by atoms with Crippen molar-refractivity contribution in [1.82, 2.24) is 9.88 Å². The van der Waals surface area contributed by atoms with E-state index < -0.39 is 6.10 Å². The Morgan fingerprint density at radius 2 is 1.92 bits per heavy atom. The van der Waals surface area contributed by atoms with E-state index in [1.807, 2.05) is 30.3 Å². The van der Waals surface area contributed by atoms with E-state index >= 15 is 0 Å². The second-order valence-corrected chi connectivity index (χ2v) is 7.05. The van der Waals surface area contributed by atoms with Gasteiger partial charge >= 0.3 is 0 Å². The molecule has 4 rings (SSSR count). The predicted molar refractivity (Wildman–Crippen MR) is 101 cm³/mol. The van der Waals surface area contributed by atoms with Gasteiger partial charge in [0.2, 0.25) is 0 Å². The summed E-state index contributed by atoms with van der Waals surface area (Å²) < 4.78 is 5.99. The van der Waals surface area contributed by atoms with Crippen LogP contribution in [0.4, 0.5) is 5.69 Å². The first-order valence-electron chi connectivity index (χ1n) is 9.46. The molecule has 0 radical (unpaired) electrons. The number of rotatable bonds is 4. The van der Waals surface area contributed by atoms with Crippen LogP contribution in [-0.4, -0.2) is 41.1 Å². The zero-order valence-corrected chi connectivity index (χ0v) is 14.9. The van der Waals surface area contributed by atoms with Gasteiger partial charge in [-0.05, 0) is 30.5 Å². The monoisotopic (exact) mass is 351 g/mol. The molecular formula is C21H25N3O2. The van der Waals surface area contributed by atoms with E-state index in [9.17, 15) is 4.79 Å². The number of amides is 1. The number of nitrogens with zero attached hydrogens (tertiary/aromatic N) is 2. The molecule has 0 spiro atoms. The molecular weight excluding hydrogens is 326 g/mol. The number of hydrogen-bond acceptors (Lipinski definition) is 4. The maximum Gasteiger partial charge on any atom is 0.255 e. The average Bonchev–Trinajstić information content (AvgIpc) is 3.23. The Labute approximate surface area is 154 Å². The second-order valence-electron chi connectivity index (χ2n) is 7.05. The number of morpholine rings is 1. The Morgan fingerprint density at radius 3 is 2.65 bits per heavy atom. The Hall–Kier alpha value is -2.24. The molecule has 1 amide bonds. The van der Waals surface area contributed by atoms with Gasteiger partial charge in [-0.15, -0.1) is 0 Å². The molecule has 5 nitrogen and oxygen atoms in total. The lowest BCUT2D eigenvalue weighted by molar-refractivity contribution is -0.143. The van der Waals surface area contributed by atoms with Crippen molar-refractivity contribution in [2.24, 2.45) is 0 Å². The zero-order valence-electron chi connectivity index (χ0n) is 14.9. The molecule has 1 aliphatic carbocycles. The van der Waals surface area contributed by atoms with E-state index in [1.165, 1.54) is 25.7 Å². The molecule has 2 heterocycles. The molecule has 1 saturated carbocycles. The molecule has 1 N–H and O–H groups in total. The van der Waals surface area contributed by atoms with Crippen LogP contribution in [0.25, 0.3) is 0 Å². The molecule has 1 saturated heterocycles. The number of pyridine rings is 1. The van der Waals surface area contributed by atoms with Gasteiger partial charge in [0, 0.05) is 18.8 Å². The van der Waals surface area contributed by atoms with E-state index in [1.54, 1.807) is 12.4 Å². The number of hydrogen-bond donors (Lipinski definition) is 1. The molecule has 1 aromatic heterocycles. The standard InChI is InChI=1S/C21H25N3O2/c25-21(23-17-9-6-12-22-15-17)20-19(16-7-2-1-3-8-16)24(13-14-26-20)18-10-4-5-11-18/h1-3,6-9,12,15,18-20H,4-5,10-11,13-14H2,(H,23,25)/t19-,20+/m0/s1. The Balaban J connectivity index is 1.61. The van der Waals surface area contributed by atoms with Crippen molar-refractivity contribution in [3.05, 3.63) is 60.4 Å². The summed E-state index contributed by atoms with van der Waals surface area (Å²) in [6.45, 7) is 1.46. The second kappa shape index (κ2) is 7.98. The minimum Gasteiger partial charge on any atom is -0.365 e. The molecule has 5 heteroatoms. The fraction of sp³-hybridized carbons (Fsp3) is 0.429. The Kier molecular flexibility index (Phi) is 5.27. The molecule has 26 heavy (non-hydrogen) atoms. The number of anilines is 1. The molecule has 2 atom stereocenters. The van der Waals surface area contributed by atoms with Crippen molar-refractivity contribution < 1.29 is 9.53 Å². The van der Waals surface area contributed by atoms with Crippen molar-refractivity contribution in [2.45, 2.75) is 43.9 Å². The van der Waals surface area contributed by atoms with Crippen LogP contribution in [0.3, 0.4) is 0 Å². The SMILES string of the molecule is O=C(Nc1cccnc1)[C@@H]1OCCN(C2CCCC2)[C@H]1c1ccccc1. The Bertz CT molecular complexity index is 717. The third kappa shape index (κ3) is 3.64. The summed E-state index contributed by atoms with van der Waals surface area (Å²) in [5, 5.41) is 2.97. The zero-order chi connectivity index (χ0) is 17.8. The summed E-state index contributed by atoms with van der Waals surface area (Å²) in [6.07, 6.45) is 7.80. The summed E-state index contributed by atoms with van der Waals surface area (Å²) in [6, 6.07) is 14.4. The highest BCUT2D eigenvalue weighted by Crippen LogP contribution is 2.36. The third-order valence-electron chi connectivity index (χ3n) is 5.41. The molecule has 0 bridgehead atoms. The highest BCUT2D eigenvalue weighted by molar-refractivity contribution is 5.94. The molecule has 2 aromatic rings. The van der Waals surface area contributed by atoms with Crippen molar-refractivity contribution in [3.8, 4) is 0 Å². The van der Waals surface area contributed by atoms with Crippen LogP contribution >= 0.6 is 0 Å². The van der Waals surface area contributed by atoms with Gasteiger partial charge in [-0.3, -0.25) is 14.7 Å². The van der Waals surface area contributed by atoms with Crippen molar-refractivity contribution in [1.29, 1.82) is 0 Å². The largest absolute Gasteiger partial charge is 0.365 e. The number of nitrogens with one attached hydrogen (secondary N) is 1. The molecule has 2 fully saturated rings. The van der Waals surface area contributed by atoms with E-state index in [-0.39, 0.29) is 11.9 Å². The van der Waals surface area contributed by atoms with Crippen LogP contribution in [0.2, 0.25) is 0 Å². The first kappa shape index (κ1) is 17.2. The van der Waals surface area contributed by atoms with Crippen LogP contribution < -0.4 is 5.32 Å². The van der Waals surface area contributed by atoms with Gasteiger partial charge in [0.1, 0.15) is 0 Å². The average molecular weight is 351 g/mol. The molecule has 1 aliphatic heterocycles. The number of ether oxygens (including phenoxy) is 1. The van der Waals surface area contributed by atoms with E-state index in [2.05, 4.69) is 27.3 Å². The fourth-order valence-corrected chi connectivity index (χ4v) is 4.22. The molecule has 2 aliphatic rings. The topological polar surface area (TPSA) is 54.5 Å². The normalized spacial score (nSPS) is 24.5. The minimum atomic E-state index is -0.521. The van der Waals surface area contributed by atoms with Crippen LogP contribution in [0.15, 0.2) is 54.9 Å². The van der Waals surface area contributed by atoms with Crippen molar-refractivity contribution in [3.63, 3.8) is 0 Å². The number of carbonyl (C=O) groups is 1. The first-order valence-corrected chi connectivity index (χ1v) is 9.46. The molecule has 136 valence electrons. The van der Waals surface area contributed by atoms with Gasteiger partial charge in [0.25, 0.3) is 5.91 Å². The molecule has 1 aromatic carbocycles. The van der Waals surface area contributed by atoms with Gasteiger partial charge < -0.3 is 10.1 Å². The maximum absolute atomic E-state index is 13.0. The fourth-order valence-electron chi connectivity index (χ4n) is 4.22. The van der Waals surface area contributed by atoms with Crippen LogP contribution in [-0.2, 0) is 9.53 Å². The molecule has 0 unspecified atom stereocenters. The van der Waals surface area contributed by atoms with Crippen LogP contribution in [0.1, 0.15) is 37.3 Å². The van der Waals surface area contributed by atoms with E-state index in [0.717, 1.165) is 12.1 Å². The smallest absolute Gasteiger partial charge is 0.255 e. The minimum absolute atomic E-state index is 0.0512. The third-order valence-corrected chi connectivity index (χ3v) is 5.41. The van der Waals surface area contributed by atoms with Gasteiger partial charge in [0.05, 0.1) is 24.5 Å². The Morgan fingerprint density at radius 1 is 1.12 bits per heavy atom. The highest BCUT2D eigenvalue weighted by Gasteiger charge is 2.41. The maximum atomic E-state index is 13.0. The van der Waals surface area contributed by atoms with Crippen LogP contribution in [0.5, 0.6) is 0 Å². The van der Waals surface area contributed by atoms with Gasteiger partial charge in [0.15, 0.2) is 6.10 Å². The van der Waals surface area contributed by atoms with Gasteiger partial charge in [-0.25, -0.2) is 0 Å². The van der Waals surface area contributed by atoms with E-state index in [4.69, 9.17) is 4.74 Å². The number of carbonyl (C=O) groups excluding carboxylic acids is 1. The van der Waals surface area contributed by atoms with Crippen LogP contribution in [0, 0.1) is 0 Å². The van der Waals surface area contributed by atoms with Crippen molar-refractivity contribution in [2.75, 3.05) is 18.5 Å².